The van der Waals surface area contributed by atoms with Crippen LogP contribution in [0.2, 0.25) is 0 Å². The monoisotopic (exact) mass is 300 g/mol. The first kappa shape index (κ1) is 14.2. The van der Waals surface area contributed by atoms with Crippen molar-refractivity contribution in [2.45, 2.75) is 24.1 Å². The highest BCUT2D eigenvalue weighted by atomic mass is 79.9. The molecule has 0 heterocycles. The van der Waals surface area contributed by atoms with E-state index >= 15 is 0 Å². The summed E-state index contributed by atoms with van der Waals surface area (Å²) in [4.78, 5) is 11.3. The van der Waals surface area contributed by atoms with Crippen molar-refractivity contribution in [3.63, 3.8) is 0 Å². The van der Waals surface area contributed by atoms with Gasteiger partial charge in [-0.15, -0.1) is 0 Å². The zero-order valence-corrected chi connectivity index (χ0v) is 11.4. The predicted molar refractivity (Wildman–Crippen MR) is 70.5 cm³/mol. The Labute approximate surface area is 110 Å². The van der Waals surface area contributed by atoms with Gasteiger partial charge in [0.1, 0.15) is 4.32 Å². The van der Waals surface area contributed by atoms with Gasteiger partial charge in [0.25, 0.3) is 0 Å². The second-order valence-corrected chi connectivity index (χ2v) is 5.50. The third-order valence-corrected chi connectivity index (χ3v) is 3.24. The van der Waals surface area contributed by atoms with E-state index in [2.05, 4.69) is 15.9 Å². The standard InChI is InChI=1S/C13H17BrO3/c1-2-8-17-10-13(14,12(15)16)9-11-6-4-3-5-7-11/h3-7H,2,8-10H2,1H3,(H,15,16)/t13-/m1/s1. The van der Waals surface area contributed by atoms with Crippen LogP contribution in [0.5, 0.6) is 0 Å². The number of hydrogen-bond acceptors (Lipinski definition) is 2. The van der Waals surface area contributed by atoms with E-state index < -0.39 is 10.3 Å². The van der Waals surface area contributed by atoms with Crippen LogP contribution in [0.25, 0.3) is 0 Å². The summed E-state index contributed by atoms with van der Waals surface area (Å²) in [6.45, 7) is 2.74. The molecule has 0 amide bonds. The highest BCUT2D eigenvalue weighted by Crippen LogP contribution is 2.24. The average molecular weight is 301 g/mol. The molecule has 17 heavy (non-hydrogen) atoms. The summed E-state index contributed by atoms with van der Waals surface area (Å²) in [5, 5.41) is 9.27. The Morgan fingerprint density at radius 2 is 2.06 bits per heavy atom. The summed E-state index contributed by atoms with van der Waals surface area (Å²) in [5.74, 6) is -0.891. The summed E-state index contributed by atoms with van der Waals surface area (Å²) < 4.78 is 4.32. The van der Waals surface area contributed by atoms with E-state index in [9.17, 15) is 9.90 Å². The summed E-state index contributed by atoms with van der Waals surface area (Å²) in [5.41, 5.74) is 0.979. The summed E-state index contributed by atoms with van der Waals surface area (Å²) in [6.07, 6.45) is 1.29. The Bertz CT molecular complexity index is 353. The van der Waals surface area contributed by atoms with Gasteiger partial charge in [-0.2, -0.15) is 0 Å². The van der Waals surface area contributed by atoms with Gasteiger partial charge in [-0.25, -0.2) is 0 Å². The number of carbonyl (C=O) groups is 1. The lowest BCUT2D eigenvalue weighted by Crippen LogP contribution is -2.39. The minimum absolute atomic E-state index is 0.172. The second-order valence-electron chi connectivity index (χ2n) is 3.99. The zero-order valence-electron chi connectivity index (χ0n) is 9.86. The Kier molecular flexibility index (Phi) is 5.65. The zero-order chi connectivity index (χ0) is 12.7. The summed E-state index contributed by atoms with van der Waals surface area (Å²) >= 11 is 3.29. The molecule has 0 saturated heterocycles. The molecule has 1 atom stereocenters. The van der Waals surface area contributed by atoms with Crippen LogP contribution in [0.4, 0.5) is 0 Å². The van der Waals surface area contributed by atoms with Crippen molar-refractivity contribution in [2.24, 2.45) is 0 Å². The highest BCUT2D eigenvalue weighted by Gasteiger charge is 2.36. The molecule has 1 N–H and O–H groups in total. The molecule has 0 radical (unpaired) electrons. The van der Waals surface area contributed by atoms with Crippen molar-refractivity contribution >= 4 is 21.9 Å². The largest absolute Gasteiger partial charge is 0.480 e. The van der Waals surface area contributed by atoms with Crippen LogP contribution in [-0.2, 0) is 16.0 Å². The maximum Gasteiger partial charge on any atom is 0.323 e. The maximum atomic E-state index is 11.3. The average Bonchev–Trinajstić information content (AvgIpc) is 2.30. The van der Waals surface area contributed by atoms with E-state index in [1.165, 1.54) is 0 Å². The van der Waals surface area contributed by atoms with Crippen molar-refractivity contribution in [1.29, 1.82) is 0 Å². The Morgan fingerprint density at radius 1 is 1.41 bits per heavy atom. The van der Waals surface area contributed by atoms with Crippen molar-refractivity contribution in [3.8, 4) is 0 Å². The molecule has 1 aromatic carbocycles. The highest BCUT2D eigenvalue weighted by molar-refractivity contribution is 9.10. The molecule has 0 saturated carbocycles. The number of rotatable bonds is 7. The topological polar surface area (TPSA) is 46.5 Å². The van der Waals surface area contributed by atoms with Gasteiger partial charge in [-0.05, 0) is 12.0 Å². The lowest BCUT2D eigenvalue weighted by atomic mass is 10.00. The fourth-order valence-corrected chi connectivity index (χ4v) is 1.97. The van der Waals surface area contributed by atoms with Gasteiger partial charge in [0.2, 0.25) is 0 Å². The van der Waals surface area contributed by atoms with Crippen molar-refractivity contribution in [2.75, 3.05) is 13.2 Å². The van der Waals surface area contributed by atoms with Gasteiger partial charge in [0, 0.05) is 13.0 Å². The van der Waals surface area contributed by atoms with Crippen LogP contribution in [0, 0.1) is 0 Å². The SMILES string of the molecule is CCCOC[C@](Br)(Cc1ccccc1)C(=O)O. The molecule has 0 fully saturated rings. The van der Waals surface area contributed by atoms with Gasteiger partial charge in [0.15, 0.2) is 0 Å². The number of ether oxygens (including phenoxy) is 1. The first-order chi connectivity index (χ1) is 8.08. The molecule has 94 valence electrons. The Morgan fingerprint density at radius 3 is 2.59 bits per heavy atom. The van der Waals surface area contributed by atoms with Crippen LogP contribution in [0.15, 0.2) is 30.3 Å². The summed E-state index contributed by atoms with van der Waals surface area (Å²) in [6, 6.07) is 9.54. The van der Waals surface area contributed by atoms with Crippen LogP contribution >= 0.6 is 15.9 Å². The smallest absolute Gasteiger partial charge is 0.323 e. The molecule has 0 aliphatic heterocycles. The molecule has 0 aromatic heterocycles. The number of hydrogen-bond donors (Lipinski definition) is 1. The minimum atomic E-state index is -1.04. The molecule has 0 spiro atoms. The van der Waals surface area contributed by atoms with E-state index in [4.69, 9.17) is 4.74 Å². The molecular weight excluding hydrogens is 284 g/mol. The van der Waals surface area contributed by atoms with Gasteiger partial charge in [-0.1, -0.05) is 53.2 Å². The normalized spacial score (nSPS) is 14.2. The van der Waals surface area contributed by atoms with Gasteiger partial charge >= 0.3 is 5.97 Å². The third kappa shape index (κ3) is 4.48. The molecule has 3 nitrogen and oxygen atoms in total. The quantitative estimate of drug-likeness (QED) is 0.622. The molecule has 1 rings (SSSR count). The van der Waals surface area contributed by atoms with E-state index in [1.54, 1.807) is 0 Å². The van der Waals surface area contributed by atoms with Crippen molar-refractivity contribution < 1.29 is 14.6 Å². The molecule has 4 heteroatoms. The molecule has 1 aromatic rings. The lowest BCUT2D eigenvalue weighted by molar-refractivity contribution is -0.141. The lowest BCUT2D eigenvalue weighted by Gasteiger charge is -2.22. The van der Waals surface area contributed by atoms with Crippen molar-refractivity contribution in [3.05, 3.63) is 35.9 Å². The second kappa shape index (κ2) is 6.77. The van der Waals surface area contributed by atoms with E-state index in [-0.39, 0.29) is 6.61 Å². The number of halogens is 1. The van der Waals surface area contributed by atoms with Crippen molar-refractivity contribution in [1.82, 2.24) is 0 Å². The van der Waals surface area contributed by atoms with Crippen LogP contribution in [0.1, 0.15) is 18.9 Å². The number of aliphatic carboxylic acids is 1. The van der Waals surface area contributed by atoms with Gasteiger partial charge in [0.05, 0.1) is 6.61 Å². The molecular formula is C13H17BrO3. The maximum absolute atomic E-state index is 11.3. The van der Waals surface area contributed by atoms with Crippen LogP contribution in [0.3, 0.4) is 0 Å². The van der Waals surface area contributed by atoms with Crippen LogP contribution in [-0.4, -0.2) is 28.6 Å². The molecule has 0 aliphatic rings. The number of carboxylic acids is 1. The number of carboxylic acid groups (broad SMARTS) is 1. The number of benzene rings is 1. The van der Waals surface area contributed by atoms with E-state index in [1.807, 2.05) is 37.3 Å². The Balaban J connectivity index is 2.68. The minimum Gasteiger partial charge on any atom is -0.480 e. The van der Waals surface area contributed by atoms with Crippen LogP contribution < -0.4 is 0 Å². The van der Waals surface area contributed by atoms with Gasteiger partial charge < -0.3 is 9.84 Å². The first-order valence-electron chi connectivity index (χ1n) is 5.62. The van der Waals surface area contributed by atoms with Gasteiger partial charge in [-0.3, -0.25) is 4.79 Å². The fourth-order valence-electron chi connectivity index (χ4n) is 1.49. The molecule has 0 unspecified atom stereocenters. The van der Waals surface area contributed by atoms with E-state index in [0.29, 0.717) is 13.0 Å². The first-order valence-corrected chi connectivity index (χ1v) is 6.42. The number of alkyl halides is 1. The summed E-state index contributed by atoms with van der Waals surface area (Å²) in [7, 11) is 0. The molecule has 0 aliphatic carbocycles. The van der Waals surface area contributed by atoms with E-state index in [0.717, 1.165) is 12.0 Å². The molecule has 0 bridgehead atoms. The predicted octanol–water partition coefficient (Wildman–Crippen LogP) is 2.87. The third-order valence-electron chi connectivity index (χ3n) is 2.39. The fraction of sp³-hybridized carbons (Fsp3) is 0.462. The Hall–Kier alpha value is -0.870.